The second kappa shape index (κ2) is 6.06. The van der Waals surface area contributed by atoms with E-state index in [-0.39, 0.29) is 9.79 Å². The van der Waals surface area contributed by atoms with Gasteiger partial charge in [0.05, 0.1) is 4.90 Å². The standard InChI is InChI=1S/C12H9N3O4S2/c13-14-15-21(18,19)12-7-3-10(4-8-12)9-1-5-11(6-2-9)20(16)17/h1-8H,(H,16,17)/p-1. The van der Waals surface area contributed by atoms with Gasteiger partial charge in [-0.15, -0.1) is 0 Å². The SMILES string of the molecule is [N-]=[N+]=NS(=O)(=O)c1ccc(-c2ccc(S(=O)[O-])cc2)cc1. The molecule has 0 heterocycles. The van der Waals surface area contributed by atoms with Crippen LogP contribution in [0.1, 0.15) is 0 Å². The van der Waals surface area contributed by atoms with E-state index in [9.17, 15) is 17.2 Å². The van der Waals surface area contributed by atoms with E-state index in [0.29, 0.717) is 5.56 Å². The van der Waals surface area contributed by atoms with Crippen LogP contribution < -0.4 is 0 Å². The van der Waals surface area contributed by atoms with Crippen LogP contribution in [0.4, 0.5) is 0 Å². The molecule has 0 fully saturated rings. The minimum atomic E-state index is -4.00. The Bertz CT molecular complexity index is 824. The van der Waals surface area contributed by atoms with Gasteiger partial charge in [-0.3, -0.25) is 4.21 Å². The number of rotatable bonds is 4. The van der Waals surface area contributed by atoms with Gasteiger partial charge in [-0.25, -0.2) is 8.42 Å². The van der Waals surface area contributed by atoms with Gasteiger partial charge in [0.2, 0.25) is 0 Å². The first kappa shape index (κ1) is 15.2. The Morgan fingerprint density at radius 2 is 1.48 bits per heavy atom. The Morgan fingerprint density at radius 3 is 1.90 bits per heavy atom. The third kappa shape index (κ3) is 3.47. The van der Waals surface area contributed by atoms with E-state index in [0.717, 1.165) is 5.56 Å². The van der Waals surface area contributed by atoms with Gasteiger partial charge in [-0.2, -0.15) is 0 Å². The summed E-state index contributed by atoms with van der Waals surface area (Å²) in [7, 11) is -4.00. The van der Waals surface area contributed by atoms with Crippen LogP contribution in [0.2, 0.25) is 0 Å². The highest BCUT2D eigenvalue weighted by Crippen LogP contribution is 2.23. The van der Waals surface area contributed by atoms with E-state index < -0.39 is 21.1 Å². The van der Waals surface area contributed by atoms with Gasteiger partial charge >= 0.3 is 0 Å². The van der Waals surface area contributed by atoms with Crippen molar-refractivity contribution in [1.82, 2.24) is 0 Å². The van der Waals surface area contributed by atoms with Crippen molar-refractivity contribution in [3.8, 4) is 11.1 Å². The lowest BCUT2D eigenvalue weighted by Crippen LogP contribution is -1.94. The summed E-state index contributed by atoms with van der Waals surface area (Å²) < 4.78 is 47.3. The molecule has 0 spiro atoms. The van der Waals surface area contributed by atoms with Gasteiger partial charge in [0, 0.05) is 14.3 Å². The smallest absolute Gasteiger partial charge is 0.264 e. The molecule has 2 aromatic carbocycles. The molecule has 0 aliphatic carbocycles. The van der Waals surface area contributed by atoms with Crippen molar-refractivity contribution in [1.29, 1.82) is 0 Å². The van der Waals surface area contributed by atoms with Gasteiger partial charge in [0.15, 0.2) is 0 Å². The van der Waals surface area contributed by atoms with Crippen LogP contribution in [0.25, 0.3) is 21.6 Å². The summed E-state index contributed by atoms with van der Waals surface area (Å²) in [5, 5.41) is 0. The fraction of sp³-hybridized carbons (Fsp3) is 0. The largest absolute Gasteiger partial charge is 0.768 e. The zero-order valence-electron chi connectivity index (χ0n) is 10.4. The molecule has 0 aromatic heterocycles. The summed E-state index contributed by atoms with van der Waals surface area (Å²) in [6.07, 6.45) is 0. The highest BCUT2D eigenvalue weighted by molar-refractivity contribution is 7.90. The molecule has 21 heavy (non-hydrogen) atoms. The topological polar surface area (TPSA) is 123 Å². The molecule has 2 rings (SSSR count). The highest BCUT2D eigenvalue weighted by atomic mass is 32.2. The van der Waals surface area contributed by atoms with Crippen molar-refractivity contribution in [2.24, 2.45) is 4.52 Å². The molecule has 0 amide bonds. The second-order valence-electron chi connectivity index (χ2n) is 3.93. The van der Waals surface area contributed by atoms with E-state index in [1.54, 1.807) is 24.3 Å². The third-order valence-electron chi connectivity index (χ3n) is 2.68. The van der Waals surface area contributed by atoms with Crippen molar-refractivity contribution < 1.29 is 17.2 Å². The highest BCUT2D eigenvalue weighted by Gasteiger charge is 2.11. The molecule has 0 bridgehead atoms. The molecule has 2 aromatic rings. The molecule has 0 radical (unpaired) electrons. The van der Waals surface area contributed by atoms with Crippen LogP contribution in [0.15, 0.2) is 62.8 Å². The second-order valence-corrected chi connectivity index (χ2v) is 6.46. The van der Waals surface area contributed by atoms with Crippen LogP contribution in [-0.4, -0.2) is 17.2 Å². The Hall–Kier alpha value is -2.19. The van der Waals surface area contributed by atoms with Crippen molar-refractivity contribution in [2.75, 3.05) is 0 Å². The summed E-state index contributed by atoms with van der Waals surface area (Å²) in [6.45, 7) is 0. The average molecular weight is 322 g/mol. The Morgan fingerprint density at radius 1 is 1.00 bits per heavy atom. The molecule has 0 saturated carbocycles. The summed E-state index contributed by atoms with van der Waals surface area (Å²) >= 11 is -2.29. The summed E-state index contributed by atoms with van der Waals surface area (Å²) in [6, 6.07) is 11.8. The van der Waals surface area contributed by atoms with E-state index >= 15 is 0 Å². The first-order chi connectivity index (χ1) is 9.94. The number of benzene rings is 2. The molecule has 7 nitrogen and oxygen atoms in total. The monoisotopic (exact) mass is 322 g/mol. The predicted octanol–water partition coefficient (Wildman–Crippen LogP) is 2.59. The van der Waals surface area contributed by atoms with Gasteiger partial charge in [-0.05, 0) is 52.0 Å². The third-order valence-corrected chi connectivity index (χ3v) is 4.49. The van der Waals surface area contributed by atoms with Crippen LogP contribution >= 0.6 is 0 Å². The molecular weight excluding hydrogens is 314 g/mol. The molecule has 108 valence electrons. The van der Waals surface area contributed by atoms with Crippen LogP contribution in [0, 0.1) is 0 Å². The lowest BCUT2D eigenvalue weighted by Gasteiger charge is -2.07. The van der Waals surface area contributed by atoms with E-state index in [4.69, 9.17) is 5.53 Å². The zero-order chi connectivity index (χ0) is 15.5. The minimum absolute atomic E-state index is 0.110. The van der Waals surface area contributed by atoms with E-state index in [1.807, 2.05) is 0 Å². The molecule has 0 aliphatic rings. The van der Waals surface area contributed by atoms with Crippen LogP contribution in [-0.2, 0) is 21.1 Å². The summed E-state index contributed by atoms with van der Waals surface area (Å²) in [4.78, 5) is 2.33. The minimum Gasteiger partial charge on any atom is -0.768 e. The average Bonchev–Trinajstić information content (AvgIpc) is 2.47. The molecule has 9 heteroatoms. The summed E-state index contributed by atoms with van der Waals surface area (Å²) in [5.41, 5.74) is 9.64. The number of azide groups is 1. The quantitative estimate of drug-likeness (QED) is 0.371. The van der Waals surface area contributed by atoms with Crippen molar-refractivity contribution >= 4 is 21.1 Å². The van der Waals surface area contributed by atoms with Gasteiger partial charge in [0.25, 0.3) is 10.0 Å². The van der Waals surface area contributed by atoms with Gasteiger partial charge in [-0.1, -0.05) is 24.3 Å². The maximum Gasteiger partial charge on any atom is 0.264 e. The number of hydrogen-bond donors (Lipinski definition) is 0. The Kier molecular flexibility index (Phi) is 4.39. The maximum absolute atomic E-state index is 11.5. The first-order valence-electron chi connectivity index (χ1n) is 5.55. The van der Waals surface area contributed by atoms with E-state index in [2.05, 4.69) is 9.43 Å². The molecule has 0 N–H and O–H groups in total. The number of nitrogens with zero attached hydrogens (tertiary/aromatic N) is 3. The molecule has 1 atom stereocenters. The maximum atomic E-state index is 11.5. The normalized spacial score (nSPS) is 12.4. The number of sulfonamides is 1. The molecule has 0 saturated heterocycles. The first-order valence-corrected chi connectivity index (χ1v) is 8.07. The van der Waals surface area contributed by atoms with Gasteiger partial charge < -0.3 is 4.55 Å². The molecule has 0 aliphatic heterocycles. The van der Waals surface area contributed by atoms with Crippen molar-refractivity contribution in [3.05, 3.63) is 59.0 Å². The zero-order valence-corrected chi connectivity index (χ0v) is 12.0. The fourth-order valence-electron chi connectivity index (χ4n) is 1.67. The van der Waals surface area contributed by atoms with E-state index in [1.165, 1.54) is 24.3 Å². The Labute approximate surface area is 123 Å². The summed E-state index contributed by atoms with van der Waals surface area (Å²) in [5.74, 6) is 0. The molecule has 1 unspecified atom stereocenters. The fourth-order valence-corrected chi connectivity index (χ4v) is 2.70. The number of hydrogen-bond acceptors (Lipinski definition) is 4. The molecular formula is C12H8N3O4S2-. The Balaban J connectivity index is 2.35. The lowest BCUT2D eigenvalue weighted by atomic mass is 10.1. The lowest BCUT2D eigenvalue weighted by molar-refractivity contribution is 0.537. The van der Waals surface area contributed by atoms with Crippen LogP contribution in [0.5, 0.6) is 0 Å². The van der Waals surface area contributed by atoms with Crippen molar-refractivity contribution in [3.63, 3.8) is 0 Å². The van der Waals surface area contributed by atoms with Crippen LogP contribution in [0.3, 0.4) is 0 Å². The van der Waals surface area contributed by atoms with Gasteiger partial charge in [0.1, 0.15) is 0 Å². The van der Waals surface area contributed by atoms with Crippen molar-refractivity contribution in [2.45, 2.75) is 9.79 Å². The predicted molar refractivity (Wildman–Crippen MR) is 75.4 cm³/mol.